The molecule has 0 spiro atoms. The van der Waals surface area contributed by atoms with Crippen LogP contribution in [0.3, 0.4) is 0 Å². The average molecular weight is 521 g/mol. The number of para-hydroxylation sites is 1. The lowest BCUT2D eigenvalue weighted by Gasteiger charge is -2.13. The number of methoxy groups -OCH3 is 1. The molecule has 0 atom stereocenters. The predicted molar refractivity (Wildman–Crippen MR) is 130 cm³/mol. The van der Waals surface area contributed by atoms with Gasteiger partial charge < -0.3 is 10.1 Å². The molecule has 1 amide bonds. The Balaban J connectivity index is 1.83. The molecule has 0 bridgehead atoms. The third kappa shape index (κ3) is 3.40. The molecule has 1 aliphatic heterocycles. The molecular formula is C24H16IN3O3. The topological polar surface area (TPSA) is 73.2 Å². The van der Waals surface area contributed by atoms with E-state index in [0.717, 1.165) is 14.8 Å². The molecule has 7 heteroatoms. The highest BCUT2D eigenvalue weighted by Gasteiger charge is 2.24. The molecule has 2 heterocycles. The summed E-state index contributed by atoms with van der Waals surface area (Å²) in [5.74, 6) is 0.763. The quantitative estimate of drug-likeness (QED) is 0.319. The lowest BCUT2D eigenvalue weighted by Crippen LogP contribution is -2.22. The Kier molecular flexibility index (Phi) is 4.82. The Hall–Kier alpha value is -3.46. The number of hydrogen-bond acceptors (Lipinski definition) is 4. The minimum atomic E-state index is -0.227. The summed E-state index contributed by atoms with van der Waals surface area (Å²) in [6.45, 7) is 0. The highest BCUT2D eigenvalue weighted by atomic mass is 127. The van der Waals surface area contributed by atoms with Gasteiger partial charge in [-0.15, -0.1) is 0 Å². The van der Waals surface area contributed by atoms with Gasteiger partial charge in [-0.3, -0.25) is 14.2 Å². The minimum Gasteiger partial charge on any atom is -0.497 e. The summed E-state index contributed by atoms with van der Waals surface area (Å²) in [6, 6.07) is 20.2. The summed E-state index contributed by atoms with van der Waals surface area (Å²) in [6.07, 6.45) is 1.67. The first-order valence-corrected chi connectivity index (χ1v) is 10.6. The van der Waals surface area contributed by atoms with Crippen molar-refractivity contribution in [1.82, 2.24) is 9.55 Å². The molecule has 152 valence electrons. The second kappa shape index (κ2) is 7.66. The van der Waals surface area contributed by atoms with E-state index in [1.807, 2.05) is 60.7 Å². The van der Waals surface area contributed by atoms with E-state index in [4.69, 9.17) is 9.72 Å². The number of anilines is 1. The van der Waals surface area contributed by atoms with E-state index in [1.165, 1.54) is 4.57 Å². The maximum atomic E-state index is 13.6. The zero-order valence-corrected chi connectivity index (χ0v) is 18.6. The standard InChI is InChI=1S/C24H16IN3O3/c1-31-16-6-4-5-15(12-16)28-22(26-21-10-9-14(25)11-19(21)24(28)30)13-18-17-7-2-3-8-20(17)27-23(18)29/h2-13H,1H3,(H,27,29)/b18-13+. The molecule has 0 aliphatic carbocycles. The summed E-state index contributed by atoms with van der Waals surface area (Å²) < 4.78 is 7.80. The second-order valence-electron chi connectivity index (χ2n) is 7.03. The van der Waals surface area contributed by atoms with E-state index in [0.29, 0.717) is 33.7 Å². The fraction of sp³-hybridized carbons (Fsp3) is 0.0417. The Labute approximate surface area is 191 Å². The molecule has 3 aromatic carbocycles. The van der Waals surface area contributed by atoms with Crippen molar-refractivity contribution >= 4 is 56.7 Å². The van der Waals surface area contributed by atoms with Crippen molar-refractivity contribution in [3.05, 3.63) is 92.0 Å². The van der Waals surface area contributed by atoms with Crippen molar-refractivity contribution in [3.63, 3.8) is 0 Å². The van der Waals surface area contributed by atoms with E-state index >= 15 is 0 Å². The molecule has 5 rings (SSSR count). The first-order chi connectivity index (χ1) is 15.0. The van der Waals surface area contributed by atoms with Crippen LogP contribution in [-0.2, 0) is 4.79 Å². The summed E-state index contributed by atoms with van der Waals surface area (Å²) in [5, 5.41) is 3.37. The predicted octanol–water partition coefficient (Wildman–Crippen LogP) is 4.49. The van der Waals surface area contributed by atoms with Crippen LogP contribution in [-0.4, -0.2) is 22.6 Å². The van der Waals surface area contributed by atoms with E-state index in [1.54, 1.807) is 19.3 Å². The van der Waals surface area contributed by atoms with Gasteiger partial charge in [0.25, 0.3) is 11.5 Å². The van der Waals surface area contributed by atoms with Gasteiger partial charge in [0.2, 0.25) is 0 Å². The smallest absolute Gasteiger partial charge is 0.266 e. The van der Waals surface area contributed by atoms with Gasteiger partial charge in [-0.1, -0.05) is 24.3 Å². The summed E-state index contributed by atoms with van der Waals surface area (Å²) >= 11 is 2.17. The largest absolute Gasteiger partial charge is 0.497 e. The van der Waals surface area contributed by atoms with Gasteiger partial charge >= 0.3 is 0 Å². The molecule has 1 aliphatic rings. The number of aromatic nitrogens is 2. The Morgan fingerprint density at radius 1 is 1.03 bits per heavy atom. The van der Waals surface area contributed by atoms with Crippen LogP contribution >= 0.6 is 22.6 Å². The molecule has 0 radical (unpaired) electrons. The van der Waals surface area contributed by atoms with Crippen LogP contribution in [0.5, 0.6) is 5.75 Å². The maximum absolute atomic E-state index is 13.6. The van der Waals surface area contributed by atoms with Crippen LogP contribution in [0, 0.1) is 3.57 Å². The SMILES string of the molecule is COc1cccc(-n2c(/C=C3/C(=O)Nc4ccccc43)nc3ccc(I)cc3c2=O)c1. The molecule has 31 heavy (non-hydrogen) atoms. The number of fused-ring (bicyclic) bond motifs is 2. The molecule has 6 nitrogen and oxygen atoms in total. The van der Waals surface area contributed by atoms with E-state index in [-0.39, 0.29) is 11.5 Å². The van der Waals surface area contributed by atoms with Crippen LogP contribution in [0.2, 0.25) is 0 Å². The van der Waals surface area contributed by atoms with Crippen molar-refractivity contribution in [2.75, 3.05) is 12.4 Å². The number of carbonyl (C=O) groups excluding carboxylic acids is 1. The normalized spacial score (nSPS) is 14.0. The number of ether oxygens (including phenoxy) is 1. The molecule has 0 unspecified atom stereocenters. The highest BCUT2D eigenvalue weighted by Crippen LogP contribution is 2.33. The first kappa shape index (κ1) is 19.5. The van der Waals surface area contributed by atoms with Crippen LogP contribution in [0.1, 0.15) is 11.4 Å². The number of rotatable bonds is 3. The van der Waals surface area contributed by atoms with Crippen molar-refractivity contribution in [2.24, 2.45) is 0 Å². The maximum Gasteiger partial charge on any atom is 0.266 e. The average Bonchev–Trinajstić information content (AvgIpc) is 3.09. The summed E-state index contributed by atoms with van der Waals surface area (Å²) in [7, 11) is 1.57. The van der Waals surface area contributed by atoms with Crippen LogP contribution in [0.4, 0.5) is 5.69 Å². The van der Waals surface area contributed by atoms with Gasteiger partial charge in [0, 0.05) is 20.9 Å². The Bertz CT molecular complexity index is 1460. The number of benzene rings is 3. The highest BCUT2D eigenvalue weighted by molar-refractivity contribution is 14.1. The zero-order valence-electron chi connectivity index (χ0n) is 16.4. The molecular weight excluding hydrogens is 505 g/mol. The van der Waals surface area contributed by atoms with Crippen LogP contribution in [0.15, 0.2) is 71.5 Å². The number of carbonyl (C=O) groups is 1. The minimum absolute atomic E-state index is 0.213. The number of amides is 1. The van der Waals surface area contributed by atoms with Crippen molar-refractivity contribution < 1.29 is 9.53 Å². The molecule has 4 aromatic rings. The molecule has 0 saturated carbocycles. The van der Waals surface area contributed by atoms with Gasteiger partial charge in [0.1, 0.15) is 11.6 Å². The monoisotopic (exact) mass is 521 g/mol. The van der Waals surface area contributed by atoms with E-state index < -0.39 is 0 Å². The third-order valence-corrected chi connectivity index (χ3v) is 5.82. The Morgan fingerprint density at radius 3 is 2.71 bits per heavy atom. The number of hydrogen-bond donors (Lipinski definition) is 1. The Morgan fingerprint density at radius 2 is 1.87 bits per heavy atom. The van der Waals surface area contributed by atoms with Gasteiger partial charge in [0.15, 0.2) is 0 Å². The fourth-order valence-electron chi connectivity index (χ4n) is 3.68. The molecule has 1 aromatic heterocycles. The van der Waals surface area contributed by atoms with Crippen molar-refractivity contribution in [2.45, 2.75) is 0 Å². The summed E-state index contributed by atoms with van der Waals surface area (Å²) in [4.78, 5) is 31.0. The van der Waals surface area contributed by atoms with Gasteiger partial charge in [-0.2, -0.15) is 0 Å². The lowest BCUT2D eigenvalue weighted by atomic mass is 10.1. The number of halogens is 1. The first-order valence-electron chi connectivity index (χ1n) is 9.54. The van der Waals surface area contributed by atoms with Crippen molar-refractivity contribution in [1.29, 1.82) is 0 Å². The van der Waals surface area contributed by atoms with Gasteiger partial charge in [-0.25, -0.2) is 4.98 Å². The molecule has 0 saturated heterocycles. The van der Waals surface area contributed by atoms with E-state index in [2.05, 4.69) is 27.9 Å². The zero-order chi connectivity index (χ0) is 21.5. The summed E-state index contributed by atoms with van der Waals surface area (Å²) in [5.41, 5.74) is 2.95. The molecule has 1 N–H and O–H groups in total. The third-order valence-electron chi connectivity index (χ3n) is 5.15. The second-order valence-corrected chi connectivity index (χ2v) is 8.28. The number of nitrogens with one attached hydrogen (secondary N) is 1. The van der Waals surface area contributed by atoms with Crippen LogP contribution in [0.25, 0.3) is 28.2 Å². The van der Waals surface area contributed by atoms with Gasteiger partial charge in [0.05, 0.1) is 29.3 Å². The number of nitrogens with zero attached hydrogens (tertiary/aromatic N) is 2. The fourth-order valence-corrected chi connectivity index (χ4v) is 4.17. The van der Waals surface area contributed by atoms with Gasteiger partial charge in [-0.05, 0) is 65.1 Å². The van der Waals surface area contributed by atoms with Crippen molar-refractivity contribution in [3.8, 4) is 11.4 Å². The van der Waals surface area contributed by atoms with E-state index in [9.17, 15) is 9.59 Å². The van der Waals surface area contributed by atoms with Crippen LogP contribution < -0.4 is 15.6 Å². The lowest BCUT2D eigenvalue weighted by molar-refractivity contribution is -0.110. The molecule has 0 fully saturated rings.